The van der Waals surface area contributed by atoms with Gasteiger partial charge in [0.1, 0.15) is 11.7 Å². The van der Waals surface area contributed by atoms with Gasteiger partial charge in [-0.05, 0) is 37.5 Å². The largest absolute Gasteiger partial charge is 0.468 e. The Morgan fingerprint density at radius 3 is 2.65 bits per heavy atom. The lowest BCUT2D eigenvalue weighted by molar-refractivity contribution is -0.157. The SMILES string of the molecule is COC(=O)C1CCCN([C@@H](C)c2ccc(F)cc2)C1=O. The Bertz CT molecular complexity index is 500. The molecule has 1 aliphatic rings. The van der Waals surface area contributed by atoms with E-state index in [4.69, 9.17) is 0 Å². The van der Waals surface area contributed by atoms with E-state index in [9.17, 15) is 14.0 Å². The smallest absolute Gasteiger partial charge is 0.318 e. The number of carbonyl (C=O) groups excluding carboxylic acids is 2. The minimum Gasteiger partial charge on any atom is -0.468 e. The number of carbonyl (C=O) groups is 2. The minimum atomic E-state index is -0.711. The zero-order valence-electron chi connectivity index (χ0n) is 11.6. The van der Waals surface area contributed by atoms with Gasteiger partial charge in [-0.25, -0.2) is 4.39 Å². The van der Waals surface area contributed by atoms with Crippen LogP contribution in [0, 0.1) is 11.7 Å². The van der Waals surface area contributed by atoms with Crippen LogP contribution in [0.25, 0.3) is 0 Å². The molecule has 20 heavy (non-hydrogen) atoms. The first-order valence-electron chi connectivity index (χ1n) is 6.68. The lowest BCUT2D eigenvalue weighted by Gasteiger charge is -2.35. The molecular formula is C15H18FNO3. The van der Waals surface area contributed by atoms with Crippen LogP contribution < -0.4 is 0 Å². The third-order valence-corrected chi connectivity index (χ3v) is 3.78. The second-order valence-corrected chi connectivity index (χ2v) is 4.98. The number of likely N-dealkylation sites (tertiary alicyclic amines) is 1. The van der Waals surface area contributed by atoms with Crippen LogP contribution in [0.2, 0.25) is 0 Å². The van der Waals surface area contributed by atoms with Gasteiger partial charge in [-0.15, -0.1) is 0 Å². The summed E-state index contributed by atoms with van der Waals surface area (Å²) in [6.45, 7) is 2.48. The summed E-state index contributed by atoms with van der Waals surface area (Å²) in [6.07, 6.45) is 1.29. The lowest BCUT2D eigenvalue weighted by Crippen LogP contribution is -2.45. The summed E-state index contributed by atoms with van der Waals surface area (Å²) in [5.41, 5.74) is 0.852. The molecule has 0 radical (unpaired) electrons. The quantitative estimate of drug-likeness (QED) is 0.630. The van der Waals surface area contributed by atoms with E-state index in [1.807, 2.05) is 6.92 Å². The highest BCUT2D eigenvalue weighted by atomic mass is 19.1. The Morgan fingerprint density at radius 1 is 1.40 bits per heavy atom. The third-order valence-electron chi connectivity index (χ3n) is 3.78. The number of esters is 1. The molecule has 0 N–H and O–H groups in total. The van der Waals surface area contributed by atoms with Gasteiger partial charge in [0, 0.05) is 6.54 Å². The highest BCUT2D eigenvalue weighted by molar-refractivity contribution is 5.98. The number of ether oxygens (including phenoxy) is 1. The van der Waals surface area contributed by atoms with Crippen LogP contribution in [-0.2, 0) is 14.3 Å². The number of amides is 1. The molecule has 4 nitrogen and oxygen atoms in total. The number of piperidine rings is 1. The van der Waals surface area contributed by atoms with E-state index in [1.165, 1.54) is 19.2 Å². The normalized spacial score (nSPS) is 20.6. The fourth-order valence-corrected chi connectivity index (χ4v) is 2.57. The number of methoxy groups -OCH3 is 1. The predicted molar refractivity (Wildman–Crippen MR) is 71.3 cm³/mol. The topological polar surface area (TPSA) is 46.6 Å². The van der Waals surface area contributed by atoms with Gasteiger partial charge >= 0.3 is 5.97 Å². The van der Waals surface area contributed by atoms with Crippen molar-refractivity contribution < 1.29 is 18.7 Å². The van der Waals surface area contributed by atoms with Gasteiger partial charge in [-0.3, -0.25) is 9.59 Å². The van der Waals surface area contributed by atoms with Crippen molar-refractivity contribution in [2.45, 2.75) is 25.8 Å². The second-order valence-electron chi connectivity index (χ2n) is 4.98. The van der Waals surface area contributed by atoms with Gasteiger partial charge < -0.3 is 9.64 Å². The van der Waals surface area contributed by atoms with Gasteiger partial charge in [-0.1, -0.05) is 12.1 Å². The van der Waals surface area contributed by atoms with Crippen molar-refractivity contribution >= 4 is 11.9 Å². The number of rotatable bonds is 3. The van der Waals surface area contributed by atoms with E-state index < -0.39 is 11.9 Å². The van der Waals surface area contributed by atoms with Gasteiger partial charge in [0.25, 0.3) is 0 Å². The maximum Gasteiger partial charge on any atom is 0.318 e. The molecule has 108 valence electrons. The summed E-state index contributed by atoms with van der Waals surface area (Å²) in [6, 6.07) is 5.88. The maximum atomic E-state index is 12.9. The summed E-state index contributed by atoms with van der Waals surface area (Å²) in [5, 5.41) is 0. The Labute approximate surface area is 117 Å². The fraction of sp³-hybridized carbons (Fsp3) is 0.467. The zero-order chi connectivity index (χ0) is 14.7. The molecule has 2 atom stereocenters. The molecule has 0 aromatic heterocycles. The lowest BCUT2D eigenvalue weighted by atomic mass is 9.94. The van der Waals surface area contributed by atoms with Crippen molar-refractivity contribution in [1.29, 1.82) is 0 Å². The molecule has 1 aliphatic heterocycles. The van der Waals surface area contributed by atoms with Crippen molar-refractivity contribution in [1.82, 2.24) is 4.90 Å². The Balaban J connectivity index is 2.16. The molecule has 1 amide bonds. The molecule has 0 spiro atoms. The van der Waals surface area contributed by atoms with Crippen molar-refractivity contribution in [2.24, 2.45) is 5.92 Å². The van der Waals surface area contributed by atoms with E-state index >= 15 is 0 Å². The maximum absolute atomic E-state index is 12.9. The first-order chi connectivity index (χ1) is 9.54. The summed E-state index contributed by atoms with van der Waals surface area (Å²) in [7, 11) is 1.29. The fourth-order valence-electron chi connectivity index (χ4n) is 2.57. The van der Waals surface area contributed by atoms with Crippen molar-refractivity contribution in [3.8, 4) is 0 Å². The van der Waals surface area contributed by atoms with Crippen LogP contribution in [0.15, 0.2) is 24.3 Å². The molecule has 0 saturated carbocycles. The number of halogens is 1. The molecule has 1 saturated heterocycles. The second kappa shape index (κ2) is 6.03. The first kappa shape index (κ1) is 14.5. The molecule has 0 aliphatic carbocycles. The van der Waals surface area contributed by atoms with Crippen molar-refractivity contribution in [2.75, 3.05) is 13.7 Å². The van der Waals surface area contributed by atoms with Gasteiger partial charge in [0.15, 0.2) is 0 Å². The van der Waals surface area contributed by atoms with Crippen LogP contribution in [-0.4, -0.2) is 30.4 Å². The summed E-state index contributed by atoms with van der Waals surface area (Å²) < 4.78 is 17.6. The molecular weight excluding hydrogens is 261 g/mol. The van der Waals surface area contributed by atoms with E-state index in [2.05, 4.69) is 4.74 Å². The molecule has 0 bridgehead atoms. The molecule has 1 unspecified atom stereocenters. The third kappa shape index (κ3) is 2.81. The number of benzene rings is 1. The zero-order valence-corrected chi connectivity index (χ0v) is 11.6. The summed E-state index contributed by atoms with van der Waals surface area (Å²) in [5.74, 6) is -1.71. The van der Waals surface area contributed by atoms with Gasteiger partial charge in [0.05, 0.1) is 13.2 Å². The van der Waals surface area contributed by atoms with E-state index in [1.54, 1.807) is 17.0 Å². The summed E-state index contributed by atoms with van der Waals surface area (Å²) in [4.78, 5) is 25.6. The van der Waals surface area contributed by atoms with Gasteiger partial charge in [-0.2, -0.15) is 0 Å². The van der Waals surface area contributed by atoms with E-state index in [-0.39, 0.29) is 17.8 Å². The molecule has 5 heteroatoms. The first-order valence-corrected chi connectivity index (χ1v) is 6.68. The monoisotopic (exact) mass is 279 g/mol. The highest BCUT2D eigenvalue weighted by Crippen LogP contribution is 2.28. The molecule has 1 aromatic carbocycles. The Morgan fingerprint density at radius 2 is 2.05 bits per heavy atom. The standard InChI is InChI=1S/C15H18FNO3/c1-10(11-5-7-12(16)8-6-11)17-9-3-4-13(14(17)18)15(19)20-2/h5-8,10,13H,3-4,9H2,1-2H3/t10-,13?/m0/s1. The molecule has 1 fully saturated rings. The number of hydrogen-bond acceptors (Lipinski definition) is 3. The highest BCUT2D eigenvalue weighted by Gasteiger charge is 2.37. The molecule has 2 rings (SSSR count). The van der Waals surface area contributed by atoms with E-state index in [0.717, 1.165) is 12.0 Å². The van der Waals surface area contributed by atoms with Crippen LogP contribution in [0.4, 0.5) is 4.39 Å². The van der Waals surface area contributed by atoms with Crippen LogP contribution in [0.3, 0.4) is 0 Å². The van der Waals surface area contributed by atoms with Crippen LogP contribution in [0.5, 0.6) is 0 Å². The average Bonchev–Trinajstić information content (AvgIpc) is 2.47. The number of nitrogens with zero attached hydrogens (tertiary/aromatic N) is 1. The number of hydrogen-bond donors (Lipinski definition) is 0. The Hall–Kier alpha value is -1.91. The minimum absolute atomic E-state index is 0.185. The molecule has 1 aromatic rings. The predicted octanol–water partition coefficient (Wildman–Crippen LogP) is 2.30. The van der Waals surface area contributed by atoms with Crippen molar-refractivity contribution in [3.05, 3.63) is 35.6 Å². The van der Waals surface area contributed by atoms with Crippen LogP contribution >= 0.6 is 0 Å². The average molecular weight is 279 g/mol. The summed E-state index contributed by atoms with van der Waals surface area (Å²) >= 11 is 0. The van der Waals surface area contributed by atoms with Crippen LogP contribution in [0.1, 0.15) is 31.4 Å². The van der Waals surface area contributed by atoms with Gasteiger partial charge in [0.2, 0.25) is 5.91 Å². The molecule has 1 heterocycles. The van der Waals surface area contributed by atoms with Crippen molar-refractivity contribution in [3.63, 3.8) is 0 Å². The Kier molecular flexibility index (Phi) is 4.37. The van der Waals surface area contributed by atoms with E-state index in [0.29, 0.717) is 13.0 Å².